The Hall–Kier alpha value is -1.77. The zero-order valence-electron chi connectivity index (χ0n) is 6.26. The minimum atomic E-state index is -3.00. The highest BCUT2D eigenvalue weighted by molar-refractivity contribution is 5.51. The van der Waals surface area contributed by atoms with E-state index in [2.05, 4.69) is 4.98 Å². The second kappa shape index (κ2) is 3.31. The van der Waals surface area contributed by atoms with Crippen molar-refractivity contribution in [2.45, 2.75) is 6.43 Å². The van der Waals surface area contributed by atoms with E-state index in [4.69, 9.17) is 11.0 Å². The van der Waals surface area contributed by atoms with Gasteiger partial charge in [0.1, 0.15) is 17.5 Å². The zero-order valence-corrected chi connectivity index (χ0v) is 6.26. The topological polar surface area (TPSA) is 62.7 Å². The van der Waals surface area contributed by atoms with Crippen molar-refractivity contribution in [3.63, 3.8) is 0 Å². The van der Waals surface area contributed by atoms with Gasteiger partial charge in [-0.25, -0.2) is 18.2 Å². The van der Waals surface area contributed by atoms with Crippen molar-refractivity contribution < 1.29 is 13.2 Å². The van der Waals surface area contributed by atoms with Crippen LogP contribution in [-0.2, 0) is 0 Å². The molecule has 13 heavy (non-hydrogen) atoms. The first-order valence-electron chi connectivity index (χ1n) is 3.20. The summed E-state index contributed by atoms with van der Waals surface area (Å²) in [7, 11) is 0. The zero-order chi connectivity index (χ0) is 10.0. The van der Waals surface area contributed by atoms with Gasteiger partial charge in [-0.3, -0.25) is 0 Å². The third-order valence-electron chi connectivity index (χ3n) is 1.43. The molecule has 0 aliphatic carbocycles. The number of nitriles is 1. The number of hydrogen-bond acceptors (Lipinski definition) is 3. The quantitative estimate of drug-likeness (QED) is 0.726. The number of nitrogens with zero attached hydrogens (tertiary/aromatic N) is 2. The molecule has 0 saturated heterocycles. The predicted molar refractivity (Wildman–Crippen MR) is 38.3 cm³/mol. The maximum atomic E-state index is 12.7. The molecular formula is C7H4F3N3. The Labute approximate surface area is 71.6 Å². The van der Waals surface area contributed by atoms with Crippen molar-refractivity contribution in [2.24, 2.45) is 0 Å². The Morgan fingerprint density at radius 3 is 2.54 bits per heavy atom. The lowest BCUT2D eigenvalue weighted by Crippen LogP contribution is -2.03. The lowest BCUT2D eigenvalue weighted by atomic mass is 10.1. The van der Waals surface area contributed by atoms with E-state index in [9.17, 15) is 13.2 Å². The van der Waals surface area contributed by atoms with Crippen LogP contribution in [0, 0.1) is 17.1 Å². The number of aromatic nitrogens is 1. The summed E-state index contributed by atoms with van der Waals surface area (Å²) in [5.74, 6) is -1.61. The smallest absolute Gasteiger partial charge is 0.268 e. The van der Waals surface area contributed by atoms with E-state index in [1.54, 1.807) is 0 Å². The van der Waals surface area contributed by atoms with E-state index in [0.717, 1.165) is 0 Å². The maximum absolute atomic E-state index is 12.7. The van der Waals surface area contributed by atoms with E-state index in [1.807, 2.05) is 0 Å². The van der Waals surface area contributed by atoms with Crippen LogP contribution in [0.4, 0.5) is 19.0 Å². The number of anilines is 1. The highest BCUT2D eigenvalue weighted by Crippen LogP contribution is 2.27. The predicted octanol–water partition coefficient (Wildman–Crippen LogP) is 1.61. The molecule has 0 saturated carbocycles. The summed E-state index contributed by atoms with van der Waals surface area (Å²) in [5.41, 5.74) is 3.47. The molecule has 0 amide bonds. The average molecular weight is 187 g/mol. The highest BCUT2D eigenvalue weighted by Gasteiger charge is 2.20. The standard InChI is InChI=1S/C7H4F3N3/c8-4-2-13-7(12)5(6(9)10)3(4)1-11/h2,6H,(H2,12,13). The fourth-order valence-corrected chi connectivity index (χ4v) is 0.852. The van der Waals surface area contributed by atoms with Crippen molar-refractivity contribution >= 4 is 5.82 Å². The fourth-order valence-electron chi connectivity index (χ4n) is 0.852. The van der Waals surface area contributed by atoms with Gasteiger partial charge < -0.3 is 5.73 Å². The Balaban J connectivity index is 3.46. The van der Waals surface area contributed by atoms with E-state index in [0.29, 0.717) is 6.20 Å². The van der Waals surface area contributed by atoms with Gasteiger partial charge in [0.05, 0.1) is 11.8 Å². The summed E-state index contributed by atoms with van der Waals surface area (Å²) >= 11 is 0. The van der Waals surface area contributed by atoms with Gasteiger partial charge in [-0.05, 0) is 0 Å². The van der Waals surface area contributed by atoms with Crippen LogP contribution in [0.25, 0.3) is 0 Å². The molecule has 2 N–H and O–H groups in total. The van der Waals surface area contributed by atoms with Crippen molar-refractivity contribution in [3.8, 4) is 6.07 Å². The molecular weight excluding hydrogens is 183 g/mol. The van der Waals surface area contributed by atoms with Gasteiger partial charge in [-0.15, -0.1) is 0 Å². The SMILES string of the molecule is N#Cc1c(F)cnc(N)c1C(F)F. The molecule has 0 atom stereocenters. The minimum absolute atomic E-state index is 0.520. The third kappa shape index (κ3) is 1.54. The highest BCUT2D eigenvalue weighted by atomic mass is 19.3. The Bertz CT molecular complexity index is 370. The maximum Gasteiger partial charge on any atom is 0.268 e. The molecule has 0 aromatic carbocycles. The Morgan fingerprint density at radius 1 is 1.54 bits per heavy atom. The van der Waals surface area contributed by atoms with Crippen LogP contribution >= 0.6 is 0 Å². The van der Waals surface area contributed by atoms with Crippen molar-refractivity contribution in [3.05, 3.63) is 23.1 Å². The van der Waals surface area contributed by atoms with Gasteiger partial charge in [0.15, 0.2) is 5.82 Å². The van der Waals surface area contributed by atoms with E-state index in [-0.39, 0.29) is 0 Å². The van der Waals surface area contributed by atoms with Gasteiger partial charge in [0, 0.05) is 0 Å². The van der Waals surface area contributed by atoms with Crippen LogP contribution in [0.5, 0.6) is 0 Å². The van der Waals surface area contributed by atoms with Crippen LogP contribution in [-0.4, -0.2) is 4.98 Å². The van der Waals surface area contributed by atoms with E-state index >= 15 is 0 Å². The van der Waals surface area contributed by atoms with Crippen molar-refractivity contribution in [1.82, 2.24) is 4.98 Å². The molecule has 0 aliphatic heterocycles. The van der Waals surface area contributed by atoms with Crippen LogP contribution in [0.2, 0.25) is 0 Å². The molecule has 0 unspecified atom stereocenters. The molecule has 1 rings (SSSR count). The lowest BCUT2D eigenvalue weighted by molar-refractivity contribution is 0.151. The molecule has 3 nitrogen and oxygen atoms in total. The monoisotopic (exact) mass is 187 g/mol. The Morgan fingerprint density at radius 2 is 2.15 bits per heavy atom. The number of hydrogen-bond donors (Lipinski definition) is 1. The molecule has 1 heterocycles. The largest absolute Gasteiger partial charge is 0.383 e. The first kappa shape index (κ1) is 9.32. The molecule has 0 fully saturated rings. The van der Waals surface area contributed by atoms with Crippen LogP contribution in [0.1, 0.15) is 17.6 Å². The second-order valence-electron chi connectivity index (χ2n) is 2.19. The van der Waals surface area contributed by atoms with Crippen LogP contribution < -0.4 is 5.73 Å². The number of nitrogen functional groups attached to an aromatic ring is 1. The van der Waals surface area contributed by atoms with Crippen molar-refractivity contribution in [2.75, 3.05) is 5.73 Å². The number of nitrogens with two attached hydrogens (primary N) is 1. The van der Waals surface area contributed by atoms with Gasteiger partial charge in [-0.1, -0.05) is 0 Å². The number of alkyl halides is 2. The number of pyridine rings is 1. The van der Waals surface area contributed by atoms with Crippen molar-refractivity contribution in [1.29, 1.82) is 5.26 Å². The molecule has 1 aromatic rings. The first-order valence-corrected chi connectivity index (χ1v) is 3.20. The summed E-state index contributed by atoms with van der Waals surface area (Å²) in [6.07, 6.45) is -2.36. The molecule has 0 bridgehead atoms. The van der Waals surface area contributed by atoms with Gasteiger partial charge in [0.25, 0.3) is 6.43 Å². The molecule has 0 aliphatic rings. The van der Waals surface area contributed by atoms with Crippen LogP contribution in [0.15, 0.2) is 6.20 Å². The number of rotatable bonds is 1. The Kier molecular flexibility index (Phi) is 2.37. The minimum Gasteiger partial charge on any atom is -0.383 e. The normalized spacial score (nSPS) is 10.1. The summed E-state index contributed by atoms with van der Waals surface area (Å²) in [6, 6.07) is 1.31. The number of halogens is 3. The fraction of sp³-hybridized carbons (Fsp3) is 0.143. The molecule has 1 aromatic heterocycles. The van der Waals surface area contributed by atoms with Crippen LogP contribution in [0.3, 0.4) is 0 Å². The summed E-state index contributed by atoms with van der Waals surface area (Å²) in [5, 5.41) is 8.37. The average Bonchev–Trinajstić information content (AvgIpc) is 2.07. The van der Waals surface area contributed by atoms with E-state index < -0.39 is 29.2 Å². The van der Waals surface area contributed by atoms with Gasteiger partial charge in [-0.2, -0.15) is 5.26 Å². The summed E-state index contributed by atoms with van der Waals surface area (Å²) in [6.45, 7) is 0. The molecule has 6 heteroatoms. The first-order chi connectivity index (χ1) is 6.07. The molecule has 0 radical (unpaired) electrons. The summed E-state index contributed by atoms with van der Waals surface area (Å²) in [4.78, 5) is 3.18. The lowest BCUT2D eigenvalue weighted by Gasteiger charge is -2.05. The van der Waals surface area contributed by atoms with Gasteiger partial charge >= 0.3 is 0 Å². The molecule has 68 valence electrons. The second-order valence-corrected chi connectivity index (χ2v) is 2.19. The van der Waals surface area contributed by atoms with E-state index in [1.165, 1.54) is 6.07 Å². The molecule has 0 spiro atoms. The van der Waals surface area contributed by atoms with Gasteiger partial charge in [0.2, 0.25) is 0 Å². The third-order valence-corrected chi connectivity index (χ3v) is 1.43. The summed E-state index contributed by atoms with van der Waals surface area (Å²) < 4.78 is 37.2.